The van der Waals surface area contributed by atoms with E-state index in [1.54, 1.807) is 0 Å². The lowest BCUT2D eigenvalue weighted by molar-refractivity contribution is 0.137. The Morgan fingerprint density at radius 3 is 2.23 bits per heavy atom. The Labute approximate surface area is 125 Å². The number of nitriles is 2. The highest BCUT2D eigenvalue weighted by Crippen LogP contribution is 2.25. The normalized spacial score (nSPS) is 9.36. The molecule has 0 unspecified atom stereocenters. The Morgan fingerprint density at radius 1 is 0.864 bits per heavy atom. The first-order valence-electron chi connectivity index (χ1n) is 6.24. The second kappa shape index (κ2) is 6.25. The molecule has 5 nitrogen and oxygen atoms in total. The number of hydrogen-bond donors (Lipinski definition) is 2. The standard InChI is InChI=1S/C16H8N2.CH2O3/c17-9-11-4-5-12-7-13-2-1-3-14(10-18)16(13)8-15(12)6-11;2-1(3)4/h1-8H;(H2,2,3,4). The van der Waals surface area contributed by atoms with E-state index in [9.17, 15) is 0 Å². The Hall–Kier alpha value is -3.57. The number of hydrogen-bond acceptors (Lipinski definition) is 3. The molecule has 2 N–H and O–H groups in total. The molecule has 0 amide bonds. The van der Waals surface area contributed by atoms with Gasteiger partial charge in [0, 0.05) is 5.39 Å². The van der Waals surface area contributed by atoms with E-state index in [4.69, 9.17) is 25.5 Å². The summed E-state index contributed by atoms with van der Waals surface area (Å²) in [6.07, 6.45) is -1.83. The highest BCUT2D eigenvalue weighted by molar-refractivity contribution is 6.00. The number of benzene rings is 3. The van der Waals surface area contributed by atoms with E-state index in [0.29, 0.717) is 11.1 Å². The van der Waals surface area contributed by atoms with Gasteiger partial charge < -0.3 is 10.2 Å². The molecule has 0 bridgehead atoms. The summed E-state index contributed by atoms with van der Waals surface area (Å²) in [5.41, 5.74) is 1.30. The average molecular weight is 290 g/mol. The molecule has 0 aliphatic heterocycles. The van der Waals surface area contributed by atoms with Crippen LogP contribution in [0.2, 0.25) is 0 Å². The van der Waals surface area contributed by atoms with Crippen molar-refractivity contribution in [2.75, 3.05) is 0 Å². The Kier molecular flexibility index (Phi) is 4.22. The molecule has 3 aromatic rings. The summed E-state index contributed by atoms with van der Waals surface area (Å²) in [4.78, 5) is 8.56. The second-order valence-corrected chi connectivity index (χ2v) is 4.45. The zero-order valence-electron chi connectivity index (χ0n) is 11.3. The molecule has 22 heavy (non-hydrogen) atoms. The van der Waals surface area contributed by atoms with Crippen molar-refractivity contribution in [1.29, 1.82) is 10.5 Å². The topological polar surface area (TPSA) is 105 Å². The molecule has 0 saturated carbocycles. The van der Waals surface area contributed by atoms with Gasteiger partial charge in [-0.2, -0.15) is 10.5 Å². The molecule has 0 fully saturated rings. The molecule has 106 valence electrons. The highest BCUT2D eigenvalue weighted by atomic mass is 16.6. The molecule has 5 heteroatoms. The Morgan fingerprint density at radius 2 is 1.59 bits per heavy atom. The number of carbonyl (C=O) groups is 1. The molecule has 0 spiro atoms. The molecular formula is C17H10N2O3. The van der Waals surface area contributed by atoms with Crippen LogP contribution in [0.3, 0.4) is 0 Å². The quantitative estimate of drug-likeness (QED) is 0.609. The highest BCUT2D eigenvalue weighted by Gasteiger charge is 2.03. The maximum atomic E-state index is 9.11. The van der Waals surface area contributed by atoms with Gasteiger partial charge in [0.2, 0.25) is 0 Å². The van der Waals surface area contributed by atoms with Crippen LogP contribution in [0.4, 0.5) is 4.79 Å². The molecule has 0 atom stereocenters. The summed E-state index contributed by atoms with van der Waals surface area (Å²) in [5, 5.41) is 36.0. The lowest BCUT2D eigenvalue weighted by Crippen LogP contribution is -1.82. The van der Waals surface area contributed by atoms with Gasteiger partial charge in [-0.1, -0.05) is 18.2 Å². The Bertz CT molecular complexity index is 946. The zero-order chi connectivity index (χ0) is 16.1. The number of nitrogens with zero attached hydrogens (tertiary/aromatic N) is 2. The largest absolute Gasteiger partial charge is 0.503 e. The van der Waals surface area contributed by atoms with E-state index in [0.717, 1.165) is 21.5 Å². The monoisotopic (exact) mass is 290 g/mol. The number of rotatable bonds is 0. The van der Waals surface area contributed by atoms with Gasteiger partial charge in [-0.25, -0.2) is 4.79 Å². The summed E-state index contributed by atoms with van der Waals surface area (Å²) in [6.45, 7) is 0. The van der Waals surface area contributed by atoms with Crippen LogP contribution in [0.15, 0.2) is 48.5 Å². The van der Waals surface area contributed by atoms with E-state index < -0.39 is 6.16 Å². The smallest absolute Gasteiger partial charge is 0.450 e. The summed E-state index contributed by atoms with van der Waals surface area (Å²) in [6, 6.07) is 19.6. The van der Waals surface area contributed by atoms with E-state index in [1.807, 2.05) is 48.5 Å². The molecule has 0 aliphatic rings. The molecule has 3 rings (SSSR count). The van der Waals surface area contributed by atoms with Crippen LogP contribution in [-0.2, 0) is 0 Å². The molecule has 0 heterocycles. The first-order valence-corrected chi connectivity index (χ1v) is 6.24. The Balaban J connectivity index is 0.000000396. The minimum Gasteiger partial charge on any atom is -0.450 e. The summed E-state index contributed by atoms with van der Waals surface area (Å²) in [5.74, 6) is 0. The maximum absolute atomic E-state index is 9.11. The molecular weight excluding hydrogens is 280 g/mol. The third kappa shape index (κ3) is 3.12. The summed E-state index contributed by atoms with van der Waals surface area (Å²) < 4.78 is 0. The van der Waals surface area contributed by atoms with Crippen LogP contribution in [0, 0.1) is 22.7 Å². The van der Waals surface area contributed by atoms with E-state index in [2.05, 4.69) is 12.1 Å². The van der Waals surface area contributed by atoms with Gasteiger partial charge in [0.1, 0.15) is 0 Å². The van der Waals surface area contributed by atoms with Crippen molar-refractivity contribution < 1.29 is 15.0 Å². The maximum Gasteiger partial charge on any atom is 0.503 e. The summed E-state index contributed by atoms with van der Waals surface area (Å²) >= 11 is 0. The number of fused-ring (bicyclic) bond motifs is 2. The van der Waals surface area contributed by atoms with Crippen LogP contribution >= 0.6 is 0 Å². The van der Waals surface area contributed by atoms with Crippen molar-refractivity contribution >= 4 is 27.7 Å². The van der Waals surface area contributed by atoms with Gasteiger partial charge in [-0.05, 0) is 46.5 Å². The number of carboxylic acid groups (broad SMARTS) is 2. The molecule has 0 aliphatic carbocycles. The summed E-state index contributed by atoms with van der Waals surface area (Å²) in [7, 11) is 0. The van der Waals surface area contributed by atoms with Crippen molar-refractivity contribution in [3.05, 3.63) is 59.7 Å². The third-order valence-electron chi connectivity index (χ3n) is 3.09. The minimum atomic E-state index is -1.83. The van der Waals surface area contributed by atoms with Crippen LogP contribution in [-0.4, -0.2) is 16.4 Å². The van der Waals surface area contributed by atoms with Crippen LogP contribution < -0.4 is 0 Å². The molecule has 0 aromatic heterocycles. The fraction of sp³-hybridized carbons (Fsp3) is 0. The van der Waals surface area contributed by atoms with Gasteiger partial charge in [-0.15, -0.1) is 0 Å². The predicted molar refractivity (Wildman–Crippen MR) is 81.5 cm³/mol. The predicted octanol–water partition coefficient (Wildman–Crippen LogP) is 3.96. The van der Waals surface area contributed by atoms with Crippen molar-refractivity contribution in [1.82, 2.24) is 0 Å². The van der Waals surface area contributed by atoms with Gasteiger partial charge >= 0.3 is 6.16 Å². The fourth-order valence-electron chi connectivity index (χ4n) is 2.19. The lowest BCUT2D eigenvalue weighted by Gasteiger charge is -2.04. The van der Waals surface area contributed by atoms with Crippen LogP contribution in [0.5, 0.6) is 0 Å². The average Bonchev–Trinajstić information content (AvgIpc) is 2.51. The van der Waals surface area contributed by atoms with Crippen molar-refractivity contribution in [3.8, 4) is 12.1 Å². The fourth-order valence-corrected chi connectivity index (χ4v) is 2.19. The van der Waals surface area contributed by atoms with Crippen molar-refractivity contribution in [3.63, 3.8) is 0 Å². The lowest BCUT2D eigenvalue weighted by atomic mass is 9.99. The third-order valence-corrected chi connectivity index (χ3v) is 3.09. The SMILES string of the molecule is N#Cc1ccc2cc3cccc(C#N)c3cc2c1.O=C(O)O. The van der Waals surface area contributed by atoms with Gasteiger partial charge in [0.25, 0.3) is 0 Å². The van der Waals surface area contributed by atoms with Gasteiger partial charge in [0.15, 0.2) is 0 Å². The first-order chi connectivity index (χ1) is 10.5. The van der Waals surface area contributed by atoms with E-state index >= 15 is 0 Å². The zero-order valence-corrected chi connectivity index (χ0v) is 11.3. The van der Waals surface area contributed by atoms with Crippen molar-refractivity contribution in [2.24, 2.45) is 0 Å². The molecule has 0 radical (unpaired) electrons. The minimum absolute atomic E-state index is 0.635. The second-order valence-electron chi connectivity index (χ2n) is 4.45. The van der Waals surface area contributed by atoms with Crippen LogP contribution in [0.1, 0.15) is 11.1 Å². The van der Waals surface area contributed by atoms with Crippen LogP contribution in [0.25, 0.3) is 21.5 Å². The van der Waals surface area contributed by atoms with Crippen molar-refractivity contribution in [2.45, 2.75) is 0 Å². The van der Waals surface area contributed by atoms with E-state index in [-0.39, 0.29) is 0 Å². The van der Waals surface area contributed by atoms with E-state index in [1.165, 1.54) is 0 Å². The van der Waals surface area contributed by atoms with Gasteiger partial charge in [0.05, 0.1) is 23.3 Å². The first kappa shape index (κ1) is 14.8. The molecule has 0 saturated heterocycles. The van der Waals surface area contributed by atoms with Gasteiger partial charge in [-0.3, -0.25) is 0 Å². The molecule has 3 aromatic carbocycles.